The van der Waals surface area contributed by atoms with Crippen LogP contribution in [0.25, 0.3) is 22.2 Å². The summed E-state index contributed by atoms with van der Waals surface area (Å²) in [6.07, 6.45) is 4.88. The van der Waals surface area contributed by atoms with E-state index < -0.39 is 20.4 Å². The van der Waals surface area contributed by atoms with Crippen LogP contribution in [0.2, 0.25) is 5.02 Å². The highest BCUT2D eigenvalue weighted by Crippen LogP contribution is 2.38. The molecule has 4 aromatic rings. The summed E-state index contributed by atoms with van der Waals surface area (Å²) in [5.41, 5.74) is 2.41. The molecule has 2 N–H and O–H groups in total. The molecule has 1 fully saturated rings. The smallest absolute Gasteiger partial charge is 0.378 e. The molecule has 4 heterocycles. The first-order chi connectivity index (χ1) is 17.7. The zero-order valence-electron chi connectivity index (χ0n) is 19.5. The van der Waals surface area contributed by atoms with Gasteiger partial charge in [0.1, 0.15) is 18.2 Å². The third-order valence-corrected chi connectivity index (χ3v) is 6.86. The number of phosphoric ester groups is 1. The van der Waals surface area contributed by atoms with Crippen LogP contribution in [-0.4, -0.2) is 50.2 Å². The van der Waals surface area contributed by atoms with Gasteiger partial charge in [-0.2, -0.15) is 0 Å². The normalized spacial score (nSPS) is 14.4. The lowest BCUT2D eigenvalue weighted by Gasteiger charge is -2.28. The monoisotopic (exact) mass is 548 g/mol. The van der Waals surface area contributed by atoms with Gasteiger partial charge in [-0.25, -0.2) is 13.9 Å². The first-order valence-electron chi connectivity index (χ1n) is 11.3. The van der Waals surface area contributed by atoms with Gasteiger partial charge in [0.2, 0.25) is 0 Å². The van der Waals surface area contributed by atoms with E-state index in [2.05, 4.69) is 9.88 Å². The summed E-state index contributed by atoms with van der Waals surface area (Å²) in [4.78, 5) is 38.0. The van der Waals surface area contributed by atoms with Crippen molar-refractivity contribution in [1.82, 2.24) is 14.1 Å². The van der Waals surface area contributed by atoms with E-state index >= 15 is 0 Å². The van der Waals surface area contributed by atoms with Gasteiger partial charge in [0, 0.05) is 48.1 Å². The molecule has 0 aliphatic carbocycles. The SMILES string of the molecule is O=c1cc(-c2cn(COP(=O)(O)O)c3ncc(N4CCOCC4)cc23)ccn1Cc1cccc(Cl)c1F. The Bertz CT molecular complexity index is 1560. The van der Waals surface area contributed by atoms with Gasteiger partial charge in [-0.1, -0.05) is 23.7 Å². The summed E-state index contributed by atoms with van der Waals surface area (Å²) in [6.45, 7) is 2.14. The van der Waals surface area contributed by atoms with Crippen LogP contribution in [0.15, 0.2) is 59.8 Å². The van der Waals surface area contributed by atoms with Gasteiger partial charge >= 0.3 is 7.82 Å². The van der Waals surface area contributed by atoms with Crippen LogP contribution in [-0.2, 0) is 27.1 Å². The van der Waals surface area contributed by atoms with Crippen LogP contribution >= 0.6 is 19.4 Å². The predicted molar refractivity (Wildman–Crippen MR) is 136 cm³/mol. The molecule has 37 heavy (non-hydrogen) atoms. The highest BCUT2D eigenvalue weighted by molar-refractivity contribution is 7.46. The van der Waals surface area contributed by atoms with E-state index in [-0.39, 0.29) is 22.7 Å². The third-order valence-electron chi connectivity index (χ3n) is 6.12. The van der Waals surface area contributed by atoms with Crippen LogP contribution in [0.4, 0.5) is 10.1 Å². The lowest BCUT2D eigenvalue weighted by atomic mass is 10.1. The van der Waals surface area contributed by atoms with E-state index in [9.17, 15) is 23.5 Å². The van der Waals surface area contributed by atoms with Crippen molar-refractivity contribution in [1.29, 1.82) is 0 Å². The molecule has 1 aromatic carbocycles. The number of hydrogen-bond donors (Lipinski definition) is 2. The number of aromatic nitrogens is 3. The van der Waals surface area contributed by atoms with Gasteiger partial charge in [-0.15, -0.1) is 0 Å². The van der Waals surface area contributed by atoms with E-state index in [0.29, 0.717) is 48.5 Å². The number of rotatable bonds is 7. The van der Waals surface area contributed by atoms with E-state index in [1.165, 1.54) is 21.3 Å². The number of hydrogen-bond acceptors (Lipinski definition) is 6. The van der Waals surface area contributed by atoms with Crippen molar-refractivity contribution < 1.29 is 28.0 Å². The van der Waals surface area contributed by atoms with Gasteiger partial charge in [-0.05, 0) is 23.8 Å². The van der Waals surface area contributed by atoms with Crippen molar-refractivity contribution in [2.75, 3.05) is 31.2 Å². The number of phosphoric acid groups is 1. The highest BCUT2D eigenvalue weighted by atomic mass is 35.5. The molecule has 0 atom stereocenters. The van der Waals surface area contributed by atoms with Crippen LogP contribution in [0.5, 0.6) is 0 Å². The van der Waals surface area contributed by atoms with Crippen molar-refractivity contribution >= 4 is 36.1 Å². The van der Waals surface area contributed by atoms with Gasteiger partial charge in [0.15, 0.2) is 0 Å². The molecule has 10 nitrogen and oxygen atoms in total. The molecule has 0 radical (unpaired) electrons. The molecule has 194 valence electrons. The minimum absolute atomic E-state index is 0.00608. The van der Waals surface area contributed by atoms with E-state index in [4.69, 9.17) is 20.9 Å². The topological polar surface area (TPSA) is 119 Å². The Morgan fingerprint density at radius 1 is 1.16 bits per heavy atom. The zero-order chi connectivity index (χ0) is 26.2. The first kappa shape index (κ1) is 25.6. The number of anilines is 1. The maximum absolute atomic E-state index is 14.4. The average Bonchev–Trinajstić information content (AvgIpc) is 3.25. The minimum Gasteiger partial charge on any atom is -0.378 e. The fraction of sp³-hybridized carbons (Fsp3) is 0.250. The molecular formula is C24H23ClFN4O6P. The molecule has 0 spiro atoms. The second kappa shape index (κ2) is 10.4. The molecule has 1 saturated heterocycles. The molecule has 1 aliphatic heterocycles. The number of halogens is 2. The molecule has 0 unspecified atom stereocenters. The lowest BCUT2D eigenvalue weighted by molar-refractivity contribution is 0.122. The van der Waals surface area contributed by atoms with E-state index in [0.717, 1.165) is 5.69 Å². The van der Waals surface area contributed by atoms with Crippen LogP contribution < -0.4 is 10.5 Å². The predicted octanol–water partition coefficient (Wildman–Crippen LogP) is 3.61. The number of fused-ring (bicyclic) bond motifs is 1. The number of nitrogens with zero attached hydrogens (tertiary/aromatic N) is 4. The van der Waals surface area contributed by atoms with Crippen LogP contribution in [0, 0.1) is 5.82 Å². The fourth-order valence-electron chi connectivity index (χ4n) is 4.28. The lowest BCUT2D eigenvalue weighted by Crippen LogP contribution is -2.36. The van der Waals surface area contributed by atoms with E-state index in [1.807, 2.05) is 6.07 Å². The summed E-state index contributed by atoms with van der Waals surface area (Å²) < 4.78 is 38.6. The van der Waals surface area contributed by atoms with Crippen molar-refractivity contribution in [2.45, 2.75) is 13.3 Å². The molecule has 3 aromatic heterocycles. The molecule has 5 rings (SSSR count). The van der Waals surface area contributed by atoms with Gasteiger partial charge in [-0.3, -0.25) is 9.32 Å². The first-order valence-corrected chi connectivity index (χ1v) is 13.3. The maximum atomic E-state index is 14.4. The molecule has 13 heteroatoms. The Hall–Kier alpha value is -3.05. The number of benzene rings is 1. The summed E-state index contributed by atoms with van der Waals surface area (Å²) in [6, 6.07) is 9.69. The molecule has 0 amide bonds. The number of ether oxygens (including phenoxy) is 1. The Morgan fingerprint density at radius 2 is 1.95 bits per heavy atom. The van der Waals surface area contributed by atoms with Crippen LogP contribution in [0.1, 0.15) is 5.56 Å². The van der Waals surface area contributed by atoms with Crippen molar-refractivity contribution in [3.8, 4) is 11.1 Å². The Labute approximate surface area is 215 Å². The summed E-state index contributed by atoms with van der Waals surface area (Å²) >= 11 is 5.87. The van der Waals surface area contributed by atoms with Crippen molar-refractivity contribution in [3.05, 3.63) is 81.7 Å². The van der Waals surface area contributed by atoms with Gasteiger partial charge in [0.05, 0.1) is 36.7 Å². The Kier molecular flexibility index (Phi) is 7.17. The molecule has 0 saturated carbocycles. The Morgan fingerprint density at radius 3 is 2.68 bits per heavy atom. The second-order valence-electron chi connectivity index (χ2n) is 8.52. The minimum atomic E-state index is -4.72. The quantitative estimate of drug-likeness (QED) is 0.336. The average molecular weight is 549 g/mol. The second-order valence-corrected chi connectivity index (χ2v) is 10.2. The Balaban J connectivity index is 1.54. The van der Waals surface area contributed by atoms with Crippen molar-refractivity contribution in [3.63, 3.8) is 0 Å². The third kappa shape index (κ3) is 5.62. The summed E-state index contributed by atoms with van der Waals surface area (Å²) in [5.74, 6) is -0.574. The maximum Gasteiger partial charge on any atom is 0.471 e. The largest absolute Gasteiger partial charge is 0.471 e. The van der Waals surface area contributed by atoms with Crippen LogP contribution in [0.3, 0.4) is 0 Å². The zero-order valence-corrected chi connectivity index (χ0v) is 21.1. The number of pyridine rings is 2. The standard InChI is InChI=1S/C24H23ClFN4O6P/c25-21-3-1-2-17(23(21)26)13-29-5-4-16(10-22(29)31)20-14-30(15-36-37(32,33)34)24-19(20)11-18(12-27-24)28-6-8-35-9-7-28/h1-5,10-12,14H,6-9,13,15H2,(H2,32,33,34). The summed E-state index contributed by atoms with van der Waals surface area (Å²) in [7, 11) is -4.72. The van der Waals surface area contributed by atoms with Crippen molar-refractivity contribution in [2.24, 2.45) is 0 Å². The molecule has 1 aliphatic rings. The fourth-order valence-corrected chi connectivity index (χ4v) is 4.75. The van der Waals surface area contributed by atoms with Gasteiger partial charge in [0.25, 0.3) is 5.56 Å². The molecular weight excluding hydrogens is 526 g/mol. The highest BCUT2D eigenvalue weighted by Gasteiger charge is 2.20. The number of morpholine rings is 1. The summed E-state index contributed by atoms with van der Waals surface area (Å²) in [5, 5.41) is 0.660. The van der Waals surface area contributed by atoms with Gasteiger partial charge < -0.3 is 28.6 Å². The molecule has 0 bridgehead atoms. The van der Waals surface area contributed by atoms with E-state index in [1.54, 1.807) is 36.8 Å².